The molecule has 0 bridgehead atoms. The Kier molecular flexibility index (Phi) is 5.74. The van der Waals surface area contributed by atoms with Crippen LogP contribution in [0.4, 0.5) is 0 Å². The van der Waals surface area contributed by atoms with E-state index in [9.17, 15) is 4.79 Å². The molecule has 0 unspecified atom stereocenters. The summed E-state index contributed by atoms with van der Waals surface area (Å²) in [6.07, 6.45) is 1.09. The zero-order valence-corrected chi connectivity index (χ0v) is 11.3. The molecular weight excluding hydrogens is 230 g/mol. The first-order valence-corrected chi connectivity index (χ1v) is 6.01. The topological polar surface area (TPSA) is 56.7 Å². The van der Waals surface area contributed by atoms with Crippen molar-refractivity contribution in [3.63, 3.8) is 0 Å². The highest BCUT2D eigenvalue weighted by Gasteiger charge is 2.07. The summed E-state index contributed by atoms with van der Waals surface area (Å²) >= 11 is 0. The zero-order valence-electron chi connectivity index (χ0n) is 11.3. The fraction of sp³-hybridized carbons (Fsp3) is 0.538. The normalized spacial score (nSPS) is 11.2. The molecule has 0 aromatic carbocycles. The Labute approximate surface area is 108 Å². The highest BCUT2D eigenvalue weighted by Crippen LogP contribution is 2.03. The number of nitrogens with zero attached hydrogens (tertiary/aromatic N) is 3. The lowest BCUT2D eigenvalue weighted by atomic mass is 10.3. The minimum absolute atomic E-state index is 0.106. The van der Waals surface area contributed by atoms with Crippen LogP contribution in [0.1, 0.15) is 22.6 Å². The van der Waals surface area contributed by atoms with E-state index in [0.29, 0.717) is 6.54 Å². The molecule has 0 fully saturated rings. The predicted molar refractivity (Wildman–Crippen MR) is 70.7 cm³/mol. The Morgan fingerprint density at radius 3 is 2.61 bits per heavy atom. The highest BCUT2D eigenvalue weighted by molar-refractivity contribution is 5.85. The molecule has 0 aliphatic heterocycles. The second-order valence-electron chi connectivity index (χ2n) is 4.71. The number of hydrogen-bond donors (Lipinski definition) is 1. The van der Waals surface area contributed by atoms with Gasteiger partial charge in [0.1, 0.15) is 5.69 Å². The number of carbonyl (C=O) groups is 1. The summed E-state index contributed by atoms with van der Waals surface area (Å²) in [5, 5.41) is 8.86. The third kappa shape index (κ3) is 5.25. The molecule has 1 heterocycles. The highest BCUT2D eigenvalue weighted by atomic mass is 16.4. The molecule has 1 aromatic heterocycles. The summed E-state index contributed by atoms with van der Waals surface area (Å²) in [5.74, 6) is -0.980. The number of pyridine rings is 1. The molecule has 100 valence electrons. The molecule has 5 nitrogen and oxygen atoms in total. The number of carboxylic acid groups (broad SMARTS) is 1. The third-order valence-corrected chi connectivity index (χ3v) is 2.60. The molecule has 0 spiro atoms. The fourth-order valence-corrected chi connectivity index (χ4v) is 1.70. The van der Waals surface area contributed by atoms with Crippen molar-refractivity contribution in [2.45, 2.75) is 13.0 Å². The van der Waals surface area contributed by atoms with Gasteiger partial charge in [0.15, 0.2) is 0 Å². The van der Waals surface area contributed by atoms with Gasteiger partial charge >= 0.3 is 5.97 Å². The van der Waals surface area contributed by atoms with Crippen LogP contribution in [0.25, 0.3) is 0 Å². The number of aromatic nitrogens is 1. The zero-order chi connectivity index (χ0) is 13.5. The van der Waals surface area contributed by atoms with E-state index in [2.05, 4.69) is 28.9 Å². The van der Waals surface area contributed by atoms with Gasteiger partial charge in [0.25, 0.3) is 0 Å². The Hall–Kier alpha value is -1.46. The second-order valence-corrected chi connectivity index (χ2v) is 4.71. The summed E-state index contributed by atoms with van der Waals surface area (Å²) in [4.78, 5) is 19.2. The maximum Gasteiger partial charge on any atom is 0.354 e. The van der Waals surface area contributed by atoms with Crippen molar-refractivity contribution in [3.8, 4) is 0 Å². The summed E-state index contributed by atoms with van der Waals surface area (Å²) in [6, 6.07) is 5.10. The molecule has 0 saturated carbocycles. The van der Waals surface area contributed by atoms with E-state index in [1.807, 2.05) is 13.1 Å². The van der Waals surface area contributed by atoms with E-state index in [-0.39, 0.29) is 5.69 Å². The fourth-order valence-electron chi connectivity index (χ4n) is 1.70. The molecule has 1 N–H and O–H groups in total. The largest absolute Gasteiger partial charge is 0.477 e. The van der Waals surface area contributed by atoms with Crippen LogP contribution in [0, 0.1) is 0 Å². The lowest BCUT2D eigenvalue weighted by molar-refractivity contribution is 0.0690. The van der Waals surface area contributed by atoms with E-state index in [0.717, 1.165) is 25.2 Å². The summed E-state index contributed by atoms with van der Waals surface area (Å²) in [5.41, 5.74) is 0.899. The van der Waals surface area contributed by atoms with Gasteiger partial charge in [-0.15, -0.1) is 0 Å². The first-order chi connectivity index (χ1) is 8.49. The molecule has 1 aromatic rings. The van der Waals surface area contributed by atoms with Crippen molar-refractivity contribution in [2.75, 3.05) is 34.2 Å². The molecule has 0 aliphatic rings. The van der Waals surface area contributed by atoms with Gasteiger partial charge in [-0.3, -0.25) is 0 Å². The number of hydrogen-bond acceptors (Lipinski definition) is 4. The van der Waals surface area contributed by atoms with Gasteiger partial charge in [-0.1, -0.05) is 6.07 Å². The quantitative estimate of drug-likeness (QED) is 0.788. The maximum atomic E-state index is 10.8. The monoisotopic (exact) mass is 251 g/mol. The van der Waals surface area contributed by atoms with Crippen LogP contribution in [-0.2, 0) is 6.54 Å². The lowest BCUT2D eigenvalue weighted by Crippen LogP contribution is -2.24. The van der Waals surface area contributed by atoms with E-state index in [4.69, 9.17) is 5.11 Å². The van der Waals surface area contributed by atoms with E-state index in [1.54, 1.807) is 6.07 Å². The van der Waals surface area contributed by atoms with Gasteiger partial charge in [-0.05, 0) is 52.8 Å². The molecule has 18 heavy (non-hydrogen) atoms. The summed E-state index contributed by atoms with van der Waals surface area (Å²) in [7, 11) is 6.13. The van der Waals surface area contributed by atoms with Crippen LogP contribution in [0.5, 0.6) is 0 Å². The Bertz CT molecular complexity index is 394. The van der Waals surface area contributed by atoms with Gasteiger partial charge in [-0.25, -0.2) is 9.78 Å². The van der Waals surface area contributed by atoms with Crippen LogP contribution in [0.3, 0.4) is 0 Å². The van der Waals surface area contributed by atoms with E-state index >= 15 is 0 Å². The average molecular weight is 251 g/mol. The lowest BCUT2D eigenvalue weighted by Gasteiger charge is -2.17. The number of aromatic carboxylic acids is 1. The van der Waals surface area contributed by atoms with Gasteiger partial charge in [0, 0.05) is 6.54 Å². The molecule has 1 rings (SSSR count). The van der Waals surface area contributed by atoms with Gasteiger partial charge in [0.05, 0.1) is 5.69 Å². The summed E-state index contributed by atoms with van der Waals surface area (Å²) in [6.45, 7) is 2.69. The average Bonchev–Trinajstić information content (AvgIpc) is 2.28. The van der Waals surface area contributed by atoms with Crippen molar-refractivity contribution < 1.29 is 9.90 Å². The van der Waals surface area contributed by atoms with Crippen molar-refractivity contribution in [1.82, 2.24) is 14.8 Å². The smallest absolute Gasteiger partial charge is 0.354 e. The number of carboxylic acids is 1. The SMILES string of the molecule is CN(C)CCCN(C)Cc1cccc(C(=O)O)n1. The molecule has 5 heteroatoms. The van der Waals surface area contributed by atoms with Crippen LogP contribution in [0.15, 0.2) is 18.2 Å². The van der Waals surface area contributed by atoms with Crippen molar-refractivity contribution >= 4 is 5.97 Å². The standard InChI is InChI=1S/C13H21N3O2/c1-15(2)8-5-9-16(3)10-11-6-4-7-12(14-11)13(17)18/h4,6-7H,5,8-10H2,1-3H3,(H,17,18). The first-order valence-electron chi connectivity index (χ1n) is 6.01. The van der Waals surface area contributed by atoms with Gasteiger partial charge < -0.3 is 14.9 Å². The van der Waals surface area contributed by atoms with Crippen molar-refractivity contribution in [1.29, 1.82) is 0 Å². The minimum atomic E-state index is -0.980. The van der Waals surface area contributed by atoms with Crippen LogP contribution >= 0.6 is 0 Å². The van der Waals surface area contributed by atoms with Gasteiger partial charge in [0.2, 0.25) is 0 Å². The van der Waals surface area contributed by atoms with Crippen LogP contribution in [-0.4, -0.2) is 60.1 Å². The van der Waals surface area contributed by atoms with Gasteiger partial charge in [-0.2, -0.15) is 0 Å². The second kappa shape index (κ2) is 7.08. The van der Waals surface area contributed by atoms with E-state index < -0.39 is 5.97 Å². The molecular formula is C13H21N3O2. The number of rotatable bonds is 7. The summed E-state index contributed by atoms with van der Waals surface area (Å²) < 4.78 is 0. The Morgan fingerprint density at radius 1 is 1.28 bits per heavy atom. The molecule has 0 saturated heterocycles. The molecule has 0 amide bonds. The van der Waals surface area contributed by atoms with Crippen LogP contribution in [0.2, 0.25) is 0 Å². The first kappa shape index (κ1) is 14.6. The Balaban J connectivity index is 2.46. The van der Waals surface area contributed by atoms with E-state index in [1.165, 1.54) is 6.07 Å². The molecule has 0 atom stereocenters. The molecule has 0 radical (unpaired) electrons. The van der Waals surface area contributed by atoms with Crippen molar-refractivity contribution in [2.24, 2.45) is 0 Å². The van der Waals surface area contributed by atoms with Crippen LogP contribution < -0.4 is 0 Å². The maximum absolute atomic E-state index is 10.8. The predicted octanol–water partition coefficient (Wildman–Crippen LogP) is 1.16. The van der Waals surface area contributed by atoms with Crippen molar-refractivity contribution in [3.05, 3.63) is 29.6 Å². The minimum Gasteiger partial charge on any atom is -0.477 e. The molecule has 0 aliphatic carbocycles. The Morgan fingerprint density at radius 2 is 2.00 bits per heavy atom. The third-order valence-electron chi connectivity index (χ3n) is 2.60.